The Labute approximate surface area is 237 Å². The summed E-state index contributed by atoms with van der Waals surface area (Å²) in [6.45, 7) is 7.07. The molecule has 1 aliphatic heterocycles. The summed E-state index contributed by atoms with van der Waals surface area (Å²) >= 11 is 0. The van der Waals surface area contributed by atoms with Gasteiger partial charge in [0.1, 0.15) is 17.4 Å². The number of pyridine rings is 3. The summed E-state index contributed by atoms with van der Waals surface area (Å²) in [5, 5.41) is 22.2. The van der Waals surface area contributed by atoms with Gasteiger partial charge >= 0.3 is 0 Å². The average Bonchev–Trinajstić information content (AvgIpc) is 3.62. The molecule has 0 unspecified atom stereocenters. The third-order valence-corrected chi connectivity index (χ3v) is 7.92. The van der Waals surface area contributed by atoms with Crippen molar-refractivity contribution in [3.63, 3.8) is 0 Å². The molecule has 1 atom stereocenters. The second kappa shape index (κ2) is 11.2. The lowest BCUT2D eigenvalue weighted by Crippen LogP contribution is -2.38. The number of fused-ring (bicyclic) bond motifs is 2. The number of hydrogen-bond acceptors (Lipinski definition) is 9. The molecule has 0 aliphatic carbocycles. The first-order valence-corrected chi connectivity index (χ1v) is 14.0. The van der Waals surface area contributed by atoms with Crippen LogP contribution < -0.4 is 5.32 Å². The van der Waals surface area contributed by atoms with Gasteiger partial charge in [0.05, 0.1) is 34.5 Å². The Bertz CT molecular complexity index is 1680. The number of piperidine rings is 1. The normalized spacial score (nSPS) is 15.4. The van der Waals surface area contributed by atoms with Crippen molar-refractivity contribution >= 4 is 33.7 Å². The number of H-pyrrole nitrogens is 2. The van der Waals surface area contributed by atoms with Crippen molar-refractivity contribution in [1.82, 2.24) is 44.9 Å². The van der Waals surface area contributed by atoms with E-state index in [-0.39, 0.29) is 11.8 Å². The fraction of sp³-hybridized carbons (Fsp3) is 0.379. The number of amides is 1. The summed E-state index contributed by atoms with van der Waals surface area (Å²) in [6, 6.07) is 3.95. The van der Waals surface area contributed by atoms with Crippen LogP contribution in [0.15, 0.2) is 43.1 Å². The fourth-order valence-electron chi connectivity index (χ4n) is 5.44. The minimum Gasteiger partial charge on any atom is -0.374 e. The Morgan fingerprint density at radius 3 is 2.63 bits per heavy atom. The molecule has 6 heterocycles. The highest BCUT2D eigenvalue weighted by atomic mass is 16.3. The summed E-state index contributed by atoms with van der Waals surface area (Å²) < 4.78 is 0. The van der Waals surface area contributed by atoms with Crippen LogP contribution in [0, 0.1) is 5.92 Å². The number of imidazole rings is 1. The summed E-state index contributed by atoms with van der Waals surface area (Å²) in [5.74, 6) is 0.632. The smallest absolute Gasteiger partial charge is 0.257 e. The van der Waals surface area contributed by atoms with Gasteiger partial charge in [-0.15, -0.1) is 0 Å². The number of rotatable bonds is 8. The molecule has 0 radical (unpaired) electrons. The molecule has 41 heavy (non-hydrogen) atoms. The molecule has 6 rings (SSSR count). The van der Waals surface area contributed by atoms with Gasteiger partial charge in [-0.3, -0.25) is 19.9 Å². The maximum absolute atomic E-state index is 13.1. The second-order valence-electron chi connectivity index (χ2n) is 10.5. The standard InChI is InChI=1S/C29H34N10O2/c1-4-39(5-2)29(41)22-15-31-16-23-24(22)35-27(34-23)25-21-11-19(13-32-26(21)37-36-25)18-10-20(14-30-12-18)33-28(40)17-6-8-38(3)9-7-17/h10-17,28,33,40H,4-9H2,1-3H3,(H,34,35)(H,32,36,37)/t28-/m0/s1. The molecule has 1 amide bonds. The summed E-state index contributed by atoms with van der Waals surface area (Å²) in [4.78, 5) is 38.4. The number of carbonyl (C=O) groups excluding carboxylic acids is 1. The molecule has 0 saturated carbocycles. The molecule has 0 aromatic carbocycles. The van der Waals surface area contributed by atoms with E-state index in [9.17, 15) is 9.90 Å². The average molecular weight is 555 g/mol. The third-order valence-electron chi connectivity index (χ3n) is 7.92. The first-order valence-electron chi connectivity index (χ1n) is 14.0. The first-order chi connectivity index (χ1) is 19.9. The van der Waals surface area contributed by atoms with Gasteiger partial charge in [0.2, 0.25) is 0 Å². The van der Waals surface area contributed by atoms with Gasteiger partial charge in [-0.1, -0.05) is 0 Å². The van der Waals surface area contributed by atoms with E-state index in [1.54, 1.807) is 35.9 Å². The van der Waals surface area contributed by atoms with Crippen LogP contribution in [0.2, 0.25) is 0 Å². The Hall–Kier alpha value is -4.42. The van der Waals surface area contributed by atoms with E-state index in [0.717, 1.165) is 48.1 Å². The number of carbonyl (C=O) groups is 1. The van der Waals surface area contributed by atoms with Crippen LogP contribution in [-0.2, 0) is 0 Å². The largest absolute Gasteiger partial charge is 0.374 e. The third kappa shape index (κ3) is 5.23. The lowest BCUT2D eigenvalue weighted by Gasteiger charge is -2.32. The van der Waals surface area contributed by atoms with Crippen molar-refractivity contribution in [2.75, 3.05) is 38.5 Å². The maximum atomic E-state index is 13.1. The molecule has 1 fully saturated rings. The minimum absolute atomic E-state index is 0.105. The molecular formula is C29H34N10O2. The Morgan fingerprint density at radius 2 is 1.85 bits per heavy atom. The number of aromatic amines is 2. The predicted molar refractivity (Wildman–Crippen MR) is 157 cm³/mol. The van der Waals surface area contributed by atoms with E-state index in [1.807, 2.05) is 26.0 Å². The number of hydrogen-bond donors (Lipinski definition) is 4. The van der Waals surface area contributed by atoms with E-state index in [4.69, 9.17) is 4.98 Å². The number of aliphatic hydroxyl groups excluding tert-OH is 1. The maximum Gasteiger partial charge on any atom is 0.257 e. The number of likely N-dealkylation sites (tertiary alicyclic amines) is 1. The molecule has 1 saturated heterocycles. The Kier molecular flexibility index (Phi) is 7.33. The Balaban J connectivity index is 1.30. The van der Waals surface area contributed by atoms with Gasteiger partial charge in [0.15, 0.2) is 11.5 Å². The number of aromatic nitrogens is 7. The van der Waals surface area contributed by atoms with E-state index in [0.29, 0.717) is 46.9 Å². The van der Waals surface area contributed by atoms with Gasteiger partial charge in [0, 0.05) is 48.7 Å². The topological polar surface area (TPSA) is 152 Å². The van der Waals surface area contributed by atoms with E-state index in [2.05, 4.69) is 47.4 Å². The van der Waals surface area contributed by atoms with Gasteiger partial charge in [0.25, 0.3) is 5.91 Å². The highest BCUT2D eigenvalue weighted by Crippen LogP contribution is 2.31. The highest BCUT2D eigenvalue weighted by Gasteiger charge is 2.24. The van der Waals surface area contributed by atoms with Crippen molar-refractivity contribution in [2.45, 2.75) is 32.9 Å². The van der Waals surface area contributed by atoms with Crippen molar-refractivity contribution in [3.05, 3.63) is 48.7 Å². The molecule has 0 spiro atoms. The predicted octanol–water partition coefficient (Wildman–Crippen LogP) is 3.51. The number of anilines is 1. The van der Waals surface area contributed by atoms with Crippen LogP contribution in [0.1, 0.15) is 37.0 Å². The van der Waals surface area contributed by atoms with Crippen LogP contribution in [0.3, 0.4) is 0 Å². The van der Waals surface area contributed by atoms with Crippen LogP contribution in [0.4, 0.5) is 5.69 Å². The number of nitrogens with one attached hydrogen (secondary N) is 3. The second-order valence-corrected chi connectivity index (χ2v) is 10.5. The van der Waals surface area contributed by atoms with Gasteiger partial charge < -0.3 is 25.2 Å². The molecule has 12 heteroatoms. The zero-order valence-electron chi connectivity index (χ0n) is 23.4. The lowest BCUT2D eigenvalue weighted by molar-refractivity contribution is 0.0774. The Morgan fingerprint density at radius 1 is 1.10 bits per heavy atom. The molecule has 5 aromatic heterocycles. The van der Waals surface area contributed by atoms with Crippen LogP contribution in [0.25, 0.3) is 44.7 Å². The zero-order chi connectivity index (χ0) is 28.5. The lowest BCUT2D eigenvalue weighted by atomic mass is 9.95. The number of nitrogens with zero attached hydrogens (tertiary/aromatic N) is 7. The SMILES string of the molecule is CCN(CC)C(=O)c1cncc2[nH]c(-c3[nH]nc4ncc(-c5cncc(N[C@@H](O)C6CCN(C)CC6)c5)cc34)nc12. The fourth-order valence-corrected chi connectivity index (χ4v) is 5.44. The van der Waals surface area contributed by atoms with Gasteiger partial charge in [-0.05, 0) is 59.0 Å². The highest BCUT2D eigenvalue weighted by molar-refractivity contribution is 6.05. The van der Waals surface area contributed by atoms with Gasteiger partial charge in [-0.2, -0.15) is 5.10 Å². The summed E-state index contributed by atoms with van der Waals surface area (Å²) in [6.07, 6.45) is 9.74. The van der Waals surface area contributed by atoms with Crippen molar-refractivity contribution in [3.8, 4) is 22.6 Å². The monoisotopic (exact) mass is 554 g/mol. The van der Waals surface area contributed by atoms with Crippen molar-refractivity contribution < 1.29 is 9.90 Å². The van der Waals surface area contributed by atoms with E-state index in [1.165, 1.54) is 0 Å². The van der Waals surface area contributed by atoms with E-state index >= 15 is 0 Å². The minimum atomic E-state index is -0.636. The molecule has 0 bridgehead atoms. The summed E-state index contributed by atoms with van der Waals surface area (Å²) in [5.41, 5.74) is 5.33. The molecule has 4 N–H and O–H groups in total. The molecule has 212 valence electrons. The molecule has 1 aliphatic rings. The number of aliphatic hydroxyl groups is 1. The summed E-state index contributed by atoms with van der Waals surface area (Å²) in [7, 11) is 2.11. The molecule has 5 aromatic rings. The zero-order valence-corrected chi connectivity index (χ0v) is 23.4. The molecule has 12 nitrogen and oxygen atoms in total. The van der Waals surface area contributed by atoms with Crippen LogP contribution >= 0.6 is 0 Å². The van der Waals surface area contributed by atoms with Crippen LogP contribution in [0.5, 0.6) is 0 Å². The molecular weight excluding hydrogens is 520 g/mol. The van der Waals surface area contributed by atoms with Crippen LogP contribution in [-0.4, -0.2) is 95.4 Å². The quantitative estimate of drug-likeness (QED) is 0.211. The van der Waals surface area contributed by atoms with Crippen molar-refractivity contribution in [1.29, 1.82) is 0 Å². The van der Waals surface area contributed by atoms with E-state index < -0.39 is 6.23 Å². The first kappa shape index (κ1) is 26.8. The van der Waals surface area contributed by atoms with Gasteiger partial charge in [-0.25, -0.2) is 9.97 Å². The van der Waals surface area contributed by atoms with Crippen molar-refractivity contribution in [2.24, 2.45) is 5.92 Å².